The second-order valence-electron chi connectivity index (χ2n) is 5.46. The molecule has 1 aliphatic rings. The van der Waals surface area contributed by atoms with Crippen LogP contribution in [0.5, 0.6) is 0 Å². The third-order valence-corrected chi connectivity index (χ3v) is 5.56. The van der Waals surface area contributed by atoms with Crippen LogP contribution >= 0.6 is 11.6 Å². The van der Waals surface area contributed by atoms with Crippen molar-refractivity contribution in [2.24, 2.45) is 5.92 Å². The van der Waals surface area contributed by atoms with Gasteiger partial charge in [-0.05, 0) is 50.9 Å². The summed E-state index contributed by atoms with van der Waals surface area (Å²) in [4.78, 5) is 0. The number of nitrogens with zero attached hydrogens (tertiary/aromatic N) is 1. The number of nitrogens with one attached hydrogen (secondary N) is 2. The summed E-state index contributed by atoms with van der Waals surface area (Å²) in [5.74, 6) is 0.354. The highest BCUT2D eigenvalue weighted by Gasteiger charge is 2.29. The average molecular weight is 332 g/mol. The van der Waals surface area contributed by atoms with E-state index in [1.165, 1.54) is 4.31 Å². The van der Waals surface area contributed by atoms with Crippen LogP contribution in [0.3, 0.4) is 0 Å². The summed E-state index contributed by atoms with van der Waals surface area (Å²) in [6, 6.07) is 5.33. The first kappa shape index (κ1) is 16.5. The van der Waals surface area contributed by atoms with Gasteiger partial charge in [0.2, 0.25) is 0 Å². The fraction of sp³-hybridized carbons (Fsp3) is 0.571. The standard InChI is InChI=1S/C14H22ClN3O2S/c1-11-5-3-7-13(15)14(11)17-21(19,20)18-8-4-6-12(10-18)9-16-2/h3,5,7,12,16-17H,4,6,8-10H2,1-2H3. The molecule has 0 saturated carbocycles. The third-order valence-electron chi connectivity index (χ3n) is 3.77. The van der Waals surface area contributed by atoms with E-state index in [0.717, 1.165) is 24.9 Å². The molecule has 1 unspecified atom stereocenters. The lowest BCUT2D eigenvalue weighted by molar-refractivity contribution is 0.264. The maximum atomic E-state index is 12.5. The highest BCUT2D eigenvalue weighted by Crippen LogP contribution is 2.28. The summed E-state index contributed by atoms with van der Waals surface area (Å²) < 4.78 is 29.2. The summed E-state index contributed by atoms with van der Waals surface area (Å²) in [7, 11) is -1.67. The molecule has 1 heterocycles. The molecular formula is C14H22ClN3O2S. The zero-order valence-corrected chi connectivity index (χ0v) is 14.0. The molecule has 0 aliphatic carbocycles. The molecule has 1 aromatic rings. The number of piperidine rings is 1. The van der Waals surface area contributed by atoms with E-state index >= 15 is 0 Å². The molecule has 1 atom stereocenters. The van der Waals surface area contributed by atoms with E-state index in [1.54, 1.807) is 12.1 Å². The van der Waals surface area contributed by atoms with E-state index in [0.29, 0.717) is 29.7 Å². The number of hydrogen-bond donors (Lipinski definition) is 2. The van der Waals surface area contributed by atoms with Crippen molar-refractivity contribution < 1.29 is 8.42 Å². The Balaban J connectivity index is 2.14. The number of aryl methyl sites for hydroxylation is 1. The summed E-state index contributed by atoms with van der Waals surface area (Å²) >= 11 is 6.10. The van der Waals surface area contributed by atoms with Crippen molar-refractivity contribution >= 4 is 27.5 Å². The Hall–Kier alpha value is -0.820. The zero-order chi connectivity index (χ0) is 15.5. The molecule has 0 aromatic heterocycles. The fourth-order valence-corrected chi connectivity index (χ4v) is 4.41. The van der Waals surface area contributed by atoms with Crippen molar-refractivity contribution in [3.05, 3.63) is 28.8 Å². The van der Waals surface area contributed by atoms with Crippen LogP contribution in [0.4, 0.5) is 5.69 Å². The van der Waals surface area contributed by atoms with E-state index in [9.17, 15) is 8.42 Å². The Morgan fingerprint density at radius 3 is 2.86 bits per heavy atom. The fourth-order valence-electron chi connectivity index (χ4n) is 2.66. The molecule has 5 nitrogen and oxygen atoms in total. The monoisotopic (exact) mass is 331 g/mol. The summed E-state index contributed by atoms with van der Waals surface area (Å²) in [5, 5.41) is 3.53. The van der Waals surface area contributed by atoms with Crippen molar-refractivity contribution in [1.29, 1.82) is 0 Å². The summed E-state index contributed by atoms with van der Waals surface area (Å²) in [5.41, 5.74) is 1.28. The summed E-state index contributed by atoms with van der Waals surface area (Å²) in [6.45, 7) is 3.76. The SMILES string of the molecule is CNCC1CCCN(S(=O)(=O)Nc2c(C)cccc2Cl)C1. The minimum Gasteiger partial charge on any atom is -0.319 e. The smallest absolute Gasteiger partial charge is 0.301 e. The van der Waals surface area contributed by atoms with Gasteiger partial charge in [0.15, 0.2) is 0 Å². The lowest BCUT2D eigenvalue weighted by atomic mass is 10.00. The summed E-state index contributed by atoms with van der Waals surface area (Å²) in [6.07, 6.45) is 1.94. The second-order valence-corrected chi connectivity index (χ2v) is 7.54. The van der Waals surface area contributed by atoms with Crippen LogP contribution in [0.25, 0.3) is 0 Å². The largest absolute Gasteiger partial charge is 0.319 e. The van der Waals surface area contributed by atoms with Gasteiger partial charge >= 0.3 is 10.2 Å². The molecule has 1 aromatic carbocycles. The normalized spacial score (nSPS) is 20.4. The lowest BCUT2D eigenvalue weighted by Crippen LogP contribution is -2.44. The number of hydrogen-bond acceptors (Lipinski definition) is 3. The van der Waals surface area contributed by atoms with Crippen LogP contribution in [0.15, 0.2) is 18.2 Å². The Labute approximate surface area is 131 Å². The van der Waals surface area contributed by atoms with Gasteiger partial charge in [-0.3, -0.25) is 4.72 Å². The van der Waals surface area contributed by atoms with Gasteiger partial charge in [-0.25, -0.2) is 0 Å². The topological polar surface area (TPSA) is 61.4 Å². The van der Waals surface area contributed by atoms with Crippen molar-refractivity contribution in [2.75, 3.05) is 31.4 Å². The first-order chi connectivity index (χ1) is 9.94. The molecule has 21 heavy (non-hydrogen) atoms. The molecule has 118 valence electrons. The molecule has 1 fully saturated rings. The maximum absolute atomic E-state index is 12.5. The molecular weight excluding hydrogens is 310 g/mol. The van der Waals surface area contributed by atoms with Crippen LogP contribution in [-0.4, -0.2) is 39.4 Å². The quantitative estimate of drug-likeness (QED) is 0.869. The first-order valence-corrected chi connectivity index (χ1v) is 8.93. The molecule has 0 amide bonds. The number of benzene rings is 1. The molecule has 1 aliphatic heterocycles. The molecule has 1 saturated heterocycles. The second kappa shape index (κ2) is 6.96. The van der Waals surface area contributed by atoms with E-state index in [4.69, 9.17) is 11.6 Å². The zero-order valence-electron chi connectivity index (χ0n) is 12.4. The van der Waals surface area contributed by atoms with Crippen LogP contribution in [0, 0.1) is 12.8 Å². The number of para-hydroxylation sites is 1. The number of rotatable bonds is 5. The van der Waals surface area contributed by atoms with Gasteiger partial charge in [0.25, 0.3) is 0 Å². The van der Waals surface area contributed by atoms with Gasteiger partial charge < -0.3 is 5.32 Å². The van der Waals surface area contributed by atoms with Gasteiger partial charge in [-0.15, -0.1) is 0 Å². The predicted molar refractivity (Wildman–Crippen MR) is 87.0 cm³/mol. The Morgan fingerprint density at radius 2 is 2.19 bits per heavy atom. The minimum atomic E-state index is -3.56. The van der Waals surface area contributed by atoms with Crippen LogP contribution < -0.4 is 10.0 Å². The molecule has 2 rings (SSSR count). The first-order valence-electron chi connectivity index (χ1n) is 7.11. The Morgan fingerprint density at radius 1 is 1.43 bits per heavy atom. The van der Waals surface area contributed by atoms with E-state index < -0.39 is 10.2 Å². The molecule has 0 radical (unpaired) electrons. The van der Waals surface area contributed by atoms with E-state index in [2.05, 4.69) is 10.0 Å². The van der Waals surface area contributed by atoms with Crippen molar-refractivity contribution in [2.45, 2.75) is 19.8 Å². The molecule has 0 bridgehead atoms. The highest BCUT2D eigenvalue weighted by atomic mass is 35.5. The van der Waals surface area contributed by atoms with Crippen molar-refractivity contribution in [3.63, 3.8) is 0 Å². The molecule has 7 heteroatoms. The van der Waals surface area contributed by atoms with Crippen LogP contribution in [0.2, 0.25) is 5.02 Å². The average Bonchev–Trinajstić information content (AvgIpc) is 2.44. The van der Waals surface area contributed by atoms with Crippen LogP contribution in [0.1, 0.15) is 18.4 Å². The predicted octanol–water partition coefficient (Wildman–Crippen LogP) is 2.24. The Bertz CT molecular complexity index is 570. The minimum absolute atomic E-state index is 0.354. The van der Waals surface area contributed by atoms with E-state index in [-0.39, 0.29) is 0 Å². The lowest BCUT2D eigenvalue weighted by Gasteiger charge is -2.32. The Kier molecular flexibility index (Phi) is 5.48. The maximum Gasteiger partial charge on any atom is 0.301 e. The number of anilines is 1. The van der Waals surface area contributed by atoms with Gasteiger partial charge in [0.1, 0.15) is 0 Å². The van der Waals surface area contributed by atoms with Gasteiger partial charge in [-0.1, -0.05) is 23.7 Å². The van der Waals surface area contributed by atoms with Gasteiger partial charge in [-0.2, -0.15) is 12.7 Å². The van der Waals surface area contributed by atoms with Crippen molar-refractivity contribution in [1.82, 2.24) is 9.62 Å². The van der Waals surface area contributed by atoms with Gasteiger partial charge in [0, 0.05) is 13.1 Å². The molecule has 0 spiro atoms. The number of halogens is 1. The van der Waals surface area contributed by atoms with Crippen molar-refractivity contribution in [3.8, 4) is 0 Å². The van der Waals surface area contributed by atoms with Gasteiger partial charge in [0.05, 0.1) is 10.7 Å². The third kappa shape index (κ3) is 4.10. The van der Waals surface area contributed by atoms with Crippen LogP contribution in [-0.2, 0) is 10.2 Å². The highest BCUT2D eigenvalue weighted by molar-refractivity contribution is 7.90. The molecule has 2 N–H and O–H groups in total. The van der Waals surface area contributed by atoms with E-state index in [1.807, 2.05) is 20.0 Å².